The molecule has 2 heterocycles. The minimum atomic E-state index is -4.79. The van der Waals surface area contributed by atoms with Crippen molar-refractivity contribution in [2.45, 2.75) is 64.7 Å². The molecule has 1 aliphatic rings. The van der Waals surface area contributed by atoms with E-state index < -0.39 is 77.5 Å². The molecule has 0 aliphatic carbocycles. The van der Waals surface area contributed by atoms with Gasteiger partial charge >= 0.3 is 24.1 Å². The quantitative estimate of drug-likeness (QED) is 0.148. The number of amidine groups is 1. The molecule has 252 valence electrons. The highest BCUT2D eigenvalue weighted by molar-refractivity contribution is 6.06. The van der Waals surface area contributed by atoms with E-state index in [0.717, 1.165) is 11.6 Å². The summed E-state index contributed by atoms with van der Waals surface area (Å²) in [4.78, 5) is 74.2. The van der Waals surface area contributed by atoms with Crippen LogP contribution in [-0.4, -0.2) is 56.6 Å². The van der Waals surface area contributed by atoms with E-state index in [0.29, 0.717) is 36.4 Å². The van der Waals surface area contributed by atoms with Crippen LogP contribution in [0, 0.1) is 5.92 Å². The minimum Gasteiger partial charge on any atom is -0.481 e. The SMILES string of the molecule is CC(C)OC(=O)c1ccc(C(F)(F)F)cc1OC(=O)CC[C@H](CC(=O)c1ccc(CCc2cnc3c(n2)C(=O)N=C(N)C3)cc1)C(=O)O. The first-order valence-electron chi connectivity index (χ1n) is 14.8. The number of Topliss-reactive ketones (excluding diaryl/α,β-unsaturated/α-hetero) is 1. The van der Waals surface area contributed by atoms with Gasteiger partial charge in [0, 0.05) is 24.6 Å². The molecule has 1 atom stereocenters. The average Bonchev–Trinajstić information content (AvgIpc) is 3.01. The second kappa shape index (κ2) is 15.0. The van der Waals surface area contributed by atoms with E-state index in [4.69, 9.17) is 15.2 Å². The van der Waals surface area contributed by atoms with Crippen molar-refractivity contribution in [1.82, 2.24) is 9.97 Å². The third kappa shape index (κ3) is 9.30. The van der Waals surface area contributed by atoms with Crippen LogP contribution in [-0.2, 0) is 39.8 Å². The number of aliphatic carboxylic acids is 1. The van der Waals surface area contributed by atoms with Crippen molar-refractivity contribution >= 4 is 35.4 Å². The van der Waals surface area contributed by atoms with Crippen molar-refractivity contribution < 1.29 is 51.7 Å². The van der Waals surface area contributed by atoms with Gasteiger partial charge in [-0.2, -0.15) is 18.2 Å². The van der Waals surface area contributed by atoms with Gasteiger partial charge in [-0.25, -0.2) is 9.78 Å². The average molecular weight is 669 g/mol. The standard InChI is InChI=1S/C33H31F3N4O8/c1-17(2)47-32(46)23-11-9-21(33(34,35)36)14-26(23)48-28(42)12-8-20(31(44)45)13-25(41)19-6-3-18(4-7-19)5-10-22-16-38-24-15-27(37)40-30(43)29(24)39-22/h3-4,6-7,9,11,14,16-17,20H,5,8,10,12-13,15H2,1-2H3,(H,44,45)(H2,37,40,43)/t20-/m1/s1. The molecule has 0 spiro atoms. The molecule has 48 heavy (non-hydrogen) atoms. The van der Waals surface area contributed by atoms with Gasteiger partial charge in [0.05, 0.1) is 35.4 Å². The third-order valence-electron chi connectivity index (χ3n) is 7.21. The smallest absolute Gasteiger partial charge is 0.416 e. The van der Waals surface area contributed by atoms with E-state index in [1.165, 1.54) is 26.0 Å². The van der Waals surface area contributed by atoms with E-state index in [-0.39, 0.29) is 29.9 Å². The molecular formula is C33H31F3N4O8. The van der Waals surface area contributed by atoms with Crippen LogP contribution in [0.15, 0.2) is 53.7 Å². The van der Waals surface area contributed by atoms with Crippen LogP contribution in [0.25, 0.3) is 0 Å². The summed E-state index contributed by atoms with van der Waals surface area (Å²) in [5, 5.41) is 9.69. The number of nitrogens with two attached hydrogens (primary N) is 1. The Bertz CT molecular complexity index is 1770. The topological polar surface area (TPSA) is 188 Å². The zero-order valence-corrected chi connectivity index (χ0v) is 25.9. The van der Waals surface area contributed by atoms with Gasteiger partial charge in [0.2, 0.25) is 0 Å². The summed E-state index contributed by atoms with van der Waals surface area (Å²) in [7, 11) is 0. The molecule has 3 aromatic rings. The van der Waals surface area contributed by atoms with Crippen molar-refractivity contribution in [3.05, 3.63) is 88.0 Å². The predicted molar refractivity (Wildman–Crippen MR) is 162 cm³/mol. The van der Waals surface area contributed by atoms with E-state index in [1.54, 1.807) is 18.3 Å². The lowest BCUT2D eigenvalue weighted by atomic mass is 9.93. The van der Waals surface area contributed by atoms with Crippen LogP contribution in [0.2, 0.25) is 0 Å². The maximum absolute atomic E-state index is 13.3. The van der Waals surface area contributed by atoms with Crippen molar-refractivity contribution in [3.63, 3.8) is 0 Å². The normalized spacial score (nSPS) is 13.4. The summed E-state index contributed by atoms with van der Waals surface area (Å²) in [5.74, 6) is -6.32. The predicted octanol–water partition coefficient (Wildman–Crippen LogP) is 4.56. The molecule has 1 amide bonds. The Kier molecular flexibility index (Phi) is 11.0. The fourth-order valence-corrected chi connectivity index (χ4v) is 4.75. The first-order valence-corrected chi connectivity index (χ1v) is 14.8. The molecule has 4 rings (SSSR count). The Morgan fingerprint density at radius 2 is 1.75 bits per heavy atom. The summed E-state index contributed by atoms with van der Waals surface area (Å²) >= 11 is 0. The zero-order chi connectivity index (χ0) is 35.2. The maximum atomic E-state index is 13.3. The number of halogens is 3. The van der Waals surface area contributed by atoms with E-state index in [2.05, 4.69) is 15.0 Å². The summed E-state index contributed by atoms with van der Waals surface area (Å²) in [6.07, 6.45) is -4.02. The van der Waals surface area contributed by atoms with Gasteiger partial charge in [-0.3, -0.25) is 24.2 Å². The van der Waals surface area contributed by atoms with Crippen LogP contribution >= 0.6 is 0 Å². The van der Waals surface area contributed by atoms with Gasteiger partial charge in [0.1, 0.15) is 17.1 Å². The van der Waals surface area contributed by atoms with Gasteiger partial charge < -0.3 is 20.3 Å². The third-order valence-corrected chi connectivity index (χ3v) is 7.21. The molecule has 0 fully saturated rings. The number of carboxylic acids is 1. The van der Waals surface area contributed by atoms with Crippen LogP contribution in [0.5, 0.6) is 5.75 Å². The van der Waals surface area contributed by atoms with E-state index >= 15 is 0 Å². The van der Waals surface area contributed by atoms with Gasteiger partial charge in [0.25, 0.3) is 5.91 Å². The number of carboxylic acid groups (broad SMARTS) is 1. The van der Waals surface area contributed by atoms with Gasteiger partial charge in [-0.1, -0.05) is 24.3 Å². The number of hydrogen-bond acceptors (Lipinski definition) is 10. The fourth-order valence-electron chi connectivity index (χ4n) is 4.75. The molecule has 2 aromatic carbocycles. The summed E-state index contributed by atoms with van der Waals surface area (Å²) < 4.78 is 49.9. The molecule has 0 radical (unpaired) electrons. The first kappa shape index (κ1) is 35.4. The number of benzene rings is 2. The first-order chi connectivity index (χ1) is 22.6. The Hall–Kier alpha value is -5.47. The second-order valence-corrected chi connectivity index (χ2v) is 11.3. The van der Waals surface area contributed by atoms with Crippen LogP contribution in [0.3, 0.4) is 0 Å². The molecule has 15 heteroatoms. The number of hydrogen-bond donors (Lipinski definition) is 2. The summed E-state index contributed by atoms with van der Waals surface area (Å²) in [6, 6.07) is 8.43. The van der Waals surface area contributed by atoms with Crippen molar-refractivity contribution in [2.24, 2.45) is 16.6 Å². The Morgan fingerprint density at radius 3 is 2.40 bits per heavy atom. The number of aliphatic imine (C=N–C) groups is 1. The maximum Gasteiger partial charge on any atom is 0.416 e. The second-order valence-electron chi connectivity index (χ2n) is 11.3. The van der Waals surface area contributed by atoms with Gasteiger partial charge in [-0.15, -0.1) is 0 Å². The molecule has 0 unspecified atom stereocenters. The number of aryl methyl sites for hydroxylation is 2. The van der Waals surface area contributed by atoms with Crippen LogP contribution in [0.1, 0.15) is 86.8 Å². The number of carbonyl (C=O) groups is 5. The molecule has 0 bridgehead atoms. The molecule has 3 N–H and O–H groups in total. The summed E-state index contributed by atoms with van der Waals surface area (Å²) in [5.41, 5.74) is 6.31. The Balaban J connectivity index is 1.34. The molecule has 0 saturated heterocycles. The monoisotopic (exact) mass is 668 g/mol. The number of fused-ring (bicyclic) bond motifs is 1. The number of rotatable bonds is 13. The molecular weight excluding hydrogens is 637 g/mol. The number of amides is 1. The van der Waals surface area contributed by atoms with Crippen LogP contribution in [0.4, 0.5) is 13.2 Å². The minimum absolute atomic E-state index is 0.163. The van der Waals surface area contributed by atoms with Crippen molar-refractivity contribution in [3.8, 4) is 5.75 Å². The lowest BCUT2D eigenvalue weighted by Crippen LogP contribution is -2.25. The lowest BCUT2D eigenvalue weighted by Gasteiger charge is -2.15. The van der Waals surface area contributed by atoms with Crippen LogP contribution < -0.4 is 10.5 Å². The van der Waals surface area contributed by atoms with E-state index in [9.17, 15) is 42.3 Å². The number of aromatic nitrogens is 2. The van der Waals surface area contributed by atoms with Crippen molar-refractivity contribution in [1.29, 1.82) is 0 Å². The number of alkyl halides is 3. The number of nitrogens with zero attached hydrogens (tertiary/aromatic N) is 3. The van der Waals surface area contributed by atoms with E-state index in [1.807, 2.05) is 0 Å². The molecule has 12 nitrogen and oxygen atoms in total. The van der Waals surface area contributed by atoms with Gasteiger partial charge in [-0.05, 0) is 56.9 Å². The highest BCUT2D eigenvalue weighted by Gasteiger charge is 2.33. The van der Waals surface area contributed by atoms with Gasteiger partial charge in [0.15, 0.2) is 11.5 Å². The number of ether oxygens (including phenoxy) is 2. The number of ketones is 1. The Morgan fingerprint density at radius 1 is 1.04 bits per heavy atom. The zero-order valence-electron chi connectivity index (χ0n) is 25.9. The number of carbonyl (C=O) groups excluding carboxylic acids is 4. The fraction of sp³-hybridized carbons (Fsp3) is 0.333. The largest absolute Gasteiger partial charge is 0.481 e. The van der Waals surface area contributed by atoms with Crippen molar-refractivity contribution in [2.75, 3.05) is 0 Å². The lowest BCUT2D eigenvalue weighted by molar-refractivity contribution is -0.143. The Labute approximate surface area is 272 Å². The highest BCUT2D eigenvalue weighted by atomic mass is 19.4. The highest BCUT2D eigenvalue weighted by Crippen LogP contribution is 2.34. The summed E-state index contributed by atoms with van der Waals surface area (Å²) in [6.45, 7) is 3.06. The molecule has 1 aromatic heterocycles. The molecule has 0 saturated carbocycles. The number of esters is 2. The molecule has 1 aliphatic heterocycles.